The minimum Gasteiger partial charge on any atom is -0.351 e. The van der Waals surface area contributed by atoms with E-state index in [1.165, 1.54) is 6.07 Å². The van der Waals surface area contributed by atoms with Crippen molar-refractivity contribution in [1.82, 2.24) is 15.0 Å². The van der Waals surface area contributed by atoms with Gasteiger partial charge in [-0.1, -0.05) is 6.07 Å². The highest BCUT2D eigenvalue weighted by Crippen LogP contribution is 2.30. The molecular formula is C19H18N6O2. The molecule has 0 radical (unpaired) electrons. The first-order valence-electron chi connectivity index (χ1n) is 8.67. The predicted octanol–water partition coefficient (Wildman–Crippen LogP) is 4.07. The molecule has 2 N–H and O–H groups in total. The van der Waals surface area contributed by atoms with Crippen molar-refractivity contribution in [3.05, 3.63) is 64.5 Å². The zero-order valence-corrected chi connectivity index (χ0v) is 14.7. The van der Waals surface area contributed by atoms with Crippen LogP contribution in [0.5, 0.6) is 0 Å². The van der Waals surface area contributed by atoms with Gasteiger partial charge < -0.3 is 10.6 Å². The van der Waals surface area contributed by atoms with Crippen molar-refractivity contribution >= 4 is 23.1 Å². The minimum atomic E-state index is -0.387. The fraction of sp³-hybridized carbons (Fsp3) is 0.211. The first-order chi connectivity index (χ1) is 13.1. The van der Waals surface area contributed by atoms with Crippen molar-refractivity contribution in [2.24, 2.45) is 0 Å². The molecule has 0 bridgehead atoms. The Bertz CT molecular complexity index is 989. The number of rotatable bonds is 6. The monoisotopic (exact) mass is 362 g/mol. The number of hydrogen-bond donors (Lipinski definition) is 2. The highest BCUT2D eigenvalue weighted by atomic mass is 16.6. The first kappa shape index (κ1) is 16.9. The SMILES string of the molecule is Cc1c(Nc2cc(-c3cccnc3)nc(NC3CC3)n2)cccc1[N+](=O)[O-]. The van der Waals surface area contributed by atoms with E-state index < -0.39 is 0 Å². The number of hydrogen-bond acceptors (Lipinski definition) is 7. The average Bonchev–Trinajstić information content (AvgIpc) is 3.48. The molecule has 136 valence electrons. The summed E-state index contributed by atoms with van der Waals surface area (Å²) >= 11 is 0. The zero-order chi connectivity index (χ0) is 18.8. The van der Waals surface area contributed by atoms with Crippen molar-refractivity contribution in [3.63, 3.8) is 0 Å². The Morgan fingerprint density at radius 3 is 2.74 bits per heavy atom. The normalized spacial score (nSPS) is 13.2. The summed E-state index contributed by atoms with van der Waals surface area (Å²) in [4.78, 5) is 24.1. The third kappa shape index (κ3) is 3.84. The summed E-state index contributed by atoms with van der Waals surface area (Å²) in [6.07, 6.45) is 5.66. The Kier molecular flexibility index (Phi) is 4.37. The number of anilines is 3. The van der Waals surface area contributed by atoms with Gasteiger partial charge in [0.2, 0.25) is 5.95 Å². The van der Waals surface area contributed by atoms with Gasteiger partial charge >= 0.3 is 0 Å². The van der Waals surface area contributed by atoms with Gasteiger partial charge in [-0.3, -0.25) is 15.1 Å². The third-order valence-corrected chi connectivity index (χ3v) is 4.36. The van der Waals surface area contributed by atoms with Crippen LogP contribution in [0.25, 0.3) is 11.3 Å². The topological polar surface area (TPSA) is 106 Å². The molecule has 0 aliphatic heterocycles. The van der Waals surface area contributed by atoms with Crippen LogP contribution in [-0.4, -0.2) is 25.9 Å². The average molecular weight is 362 g/mol. The van der Waals surface area contributed by atoms with Crippen LogP contribution in [0.2, 0.25) is 0 Å². The van der Waals surface area contributed by atoms with Crippen molar-refractivity contribution in [2.75, 3.05) is 10.6 Å². The van der Waals surface area contributed by atoms with Gasteiger partial charge in [0.1, 0.15) is 5.82 Å². The minimum absolute atomic E-state index is 0.0675. The van der Waals surface area contributed by atoms with Crippen molar-refractivity contribution in [2.45, 2.75) is 25.8 Å². The number of nitrogens with zero attached hydrogens (tertiary/aromatic N) is 4. The van der Waals surface area contributed by atoms with E-state index in [2.05, 4.69) is 25.6 Å². The Balaban J connectivity index is 1.71. The maximum absolute atomic E-state index is 11.2. The lowest BCUT2D eigenvalue weighted by atomic mass is 10.1. The Hall–Kier alpha value is -3.55. The molecule has 0 amide bonds. The number of aromatic nitrogens is 3. The molecule has 0 saturated heterocycles. The van der Waals surface area contributed by atoms with Gasteiger partial charge in [-0.2, -0.15) is 4.98 Å². The van der Waals surface area contributed by atoms with Gasteiger partial charge in [0.25, 0.3) is 5.69 Å². The van der Waals surface area contributed by atoms with Crippen molar-refractivity contribution < 1.29 is 4.92 Å². The molecule has 8 heteroatoms. The largest absolute Gasteiger partial charge is 0.351 e. The number of pyridine rings is 1. The van der Waals surface area contributed by atoms with E-state index in [1.54, 1.807) is 31.5 Å². The van der Waals surface area contributed by atoms with Crippen LogP contribution < -0.4 is 10.6 Å². The number of benzene rings is 1. The van der Waals surface area contributed by atoms with Crippen molar-refractivity contribution in [3.8, 4) is 11.3 Å². The van der Waals surface area contributed by atoms with Gasteiger partial charge in [0.15, 0.2) is 0 Å². The zero-order valence-electron chi connectivity index (χ0n) is 14.7. The van der Waals surface area contributed by atoms with Gasteiger partial charge in [-0.15, -0.1) is 0 Å². The summed E-state index contributed by atoms with van der Waals surface area (Å²) in [7, 11) is 0. The smallest absolute Gasteiger partial charge is 0.274 e. The van der Waals surface area contributed by atoms with Gasteiger partial charge in [0, 0.05) is 41.8 Å². The fourth-order valence-corrected chi connectivity index (χ4v) is 2.74. The number of nitro groups is 1. The van der Waals surface area contributed by atoms with Crippen LogP contribution in [0, 0.1) is 17.0 Å². The van der Waals surface area contributed by atoms with E-state index in [-0.39, 0.29) is 10.6 Å². The van der Waals surface area contributed by atoms with E-state index in [0.717, 1.165) is 24.1 Å². The molecule has 2 aromatic heterocycles. The third-order valence-electron chi connectivity index (χ3n) is 4.36. The van der Waals surface area contributed by atoms with E-state index in [9.17, 15) is 10.1 Å². The molecule has 2 heterocycles. The van der Waals surface area contributed by atoms with Crippen LogP contribution in [-0.2, 0) is 0 Å². The Morgan fingerprint density at radius 1 is 1.19 bits per heavy atom. The fourth-order valence-electron chi connectivity index (χ4n) is 2.74. The maximum atomic E-state index is 11.2. The molecule has 8 nitrogen and oxygen atoms in total. The summed E-state index contributed by atoms with van der Waals surface area (Å²) in [5.41, 5.74) is 2.86. The van der Waals surface area contributed by atoms with E-state index in [4.69, 9.17) is 0 Å². The first-order valence-corrected chi connectivity index (χ1v) is 8.67. The van der Waals surface area contributed by atoms with E-state index in [0.29, 0.717) is 29.1 Å². The van der Waals surface area contributed by atoms with Gasteiger partial charge in [0.05, 0.1) is 16.2 Å². The molecule has 1 aromatic carbocycles. The molecule has 27 heavy (non-hydrogen) atoms. The summed E-state index contributed by atoms with van der Waals surface area (Å²) in [6.45, 7) is 1.72. The molecule has 1 fully saturated rings. The Morgan fingerprint density at radius 2 is 2.04 bits per heavy atom. The molecule has 1 aliphatic carbocycles. The highest BCUT2D eigenvalue weighted by molar-refractivity contribution is 5.70. The van der Waals surface area contributed by atoms with E-state index >= 15 is 0 Å². The second-order valence-electron chi connectivity index (χ2n) is 6.45. The van der Waals surface area contributed by atoms with Crippen LogP contribution in [0.1, 0.15) is 18.4 Å². The number of nitrogens with one attached hydrogen (secondary N) is 2. The lowest BCUT2D eigenvalue weighted by Crippen LogP contribution is -2.08. The second kappa shape index (κ2) is 6.99. The van der Waals surface area contributed by atoms with Crippen LogP contribution in [0.3, 0.4) is 0 Å². The predicted molar refractivity (Wildman–Crippen MR) is 103 cm³/mol. The second-order valence-corrected chi connectivity index (χ2v) is 6.45. The number of nitro benzene ring substituents is 1. The summed E-state index contributed by atoms with van der Waals surface area (Å²) in [5, 5.41) is 17.7. The summed E-state index contributed by atoms with van der Waals surface area (Å²) in [6, 6.07) is 10.9. The molecule has 0 atom stereocenters. The van der Waals surface area contributed by atoms with Crippen LogP contribution in [0.4, 0.5) is 23.1 Å². The molecular weight excluding hydrogens is 344 g/mol. The highest BCUT2D eigenvalue weighted by Gasteiger charge is 2.22. The molecule has 0 unspecified atom stereocenters. The van der Waals surface area contributed by atoms with E-state index in [1.807, 2.05) is 18.2 Å². The standard InChI is InChI=1S/C19H18N6O2/c1-12-15(5-2-6-17(12)25(26)27)22-18-10-16(13-4-3-9-20-11-13)23-19(24-18)21-14-7-8-14/h2-6,9-11,14H,7-8H2,1H3,(H2,21,22,23,24). The van der Waals surface area contributed by atoms with Gasteiger partial charge in [-0.05, 0) is 38.0 Å². The van der Waals surface area contributed by atoms with Crippen molar-refractivity contribution in [1.29, 1.82) is 0 Å². The summed E-state index contributed by atoms with van der Waals surface area (Å²) in [5.74, 6) is 1.10. The molecule has 0 spiro atoms. The molecule has 4 rings (SSSR count). The maximum Gasteiger partial charge on any atom is 0.274 e. The quantitative estimate of drug-likeness (QED) is 0.503. The molecule has 1 saturated carbocycles. The summed E-state index contributed by atoms with van der Waals surface area (Å²) < 4.78 is 0. The van der Waals surface area contributed by atoms with Crippen LogP contribution in [0.15, 0.2) is 48.8 Å². The Labute approximate surface area is 155 Å². The molecule has 1 aliphatic rings. The van der Waals surface area contributed by atoms with Gasteiger partial charge in [-0.25, -0.2) is 4.98 Å². The molecule has 3 aromatic rings. The van der Waals surface area contributed by atoms with Crippen LogP contribution >= 0.6 is 0 Å². The lowest BCUT2D eigenvalue weighted by molar-refractivity contribution is -0.385. The lowest BCUT2D eigenvalue weighted by Gasteiger charge is -2.12.